The highest BCUT2D eigenvalue weighted by Gasteiger charge is 2.21. The van der Waals surface area contributed by atoms with Crippen molar-refractivity contribution in [1.82, 2.24) is 9.97 Å². The van der Waals surface area contributed by atoms with Gasteiger partial charge in [0.25, 0.3) is 0 Å². The molecule has 0 unspecified atom stereocenters. The molecule has 2 rings (SSSR count). The normalized spacial score (nSPS) is 20.6. The zero-order chi connectivity index (χ0) is 16.4. The minimum atomic E-state index is -0.160. The van der Waals surface area contributed by atoms with Crippen molar-refractivity contribution in [1.29, 1.82) is 0 Å². The summed E-state index contributed by atoms with van der Waals surface area (Å²) in [4.78, 5) is 29.0. The van der Waals surface area contributed by atoms with Crippen LogP contribution in [0.2, 0.25) is 0 Å². The van der Waals surface area contributed by atoms with Crippen molar-refractivity contribution in [3.63, 3.8) is 0 Å². The first kappa shape index (κ1) is 18.6. The fraction of sp³-hybridized carbons (Fsp3) is 0.600. The predicted octanol–water partition coefficient (Wildman–Crippen LogP) is 1.78. The monoisotopic (exact) mass is 324 g/mol. The van der Waals surface area contributed by atoms with Gasteiger partial charge < -0.3 is 11.5 Å². The van der Waals surface area contributed by atoms with Gasteiger partial charge in [0.15, 0.2) is 11.4 Å². The van der Waals surface area contributed by atoms with Crippen LogP contribution >= 0.6 is 11.8 Å². The van der Waals surface area contributed by atoms with E-state index in [1.54, 1.807) is 24.0 Å². The number of nitrogens with two attached hydrogens (primary N) is 2. The van der Waals surface area contributed by atoms with Crippen molar-refractivity contribution in [3.8, 4) is 0 Å². The van der Waals surface area contributed by atoms with Gasteiger partial charge in [-0.3, -0.25) is 9.59 Å². The lowest BCUT2D eigenvalue weighted by Gasteiger charge is -2.23. The number of primary amides is 1. The molecule has 1 amide bonds. The zero-order valence-electron chi connectivity index (χ0n) is 12.9. The van der Waals surface area contributed by atoms with E-state index in [0.29, 0.717) is 16.9 Å². The summed E-state index contributed by atoms with van der Waals surface area (Å²) in [5, 5.41) is 0.682. The molecule has 7 heteroatoms. The fourth-order valence-electron chi connectivity index (χ4n) is 2.09. The lowest BCUT2D eigenvalue weighted by Crippen LogP contribution is -2.32. The molecule has 0 saturated heterocycles. The second-order valence-electron chi connectivity index (χ2n) is 5.24. The highest BCUT2D eigenvalue weighted by molar-refractivity contribution is 7.99. The summed E-state index contributed by atoms with van der Waals surface area (Å²) in [7, 11) is 0. The van der Waals surface area contributed by atoms with Crippen LogP contribution in [0.5, 0.6) is 0 Å². The SMILES string of the molecule is CCCSc1nccc(C=O)n1.NC(=O)C1CCC(N)CC1. The Morgan fingerprint density at radius 1 is 1.41 bits per heavy atom. The quantitative estimate of drug-likeness (QED) is 0.485. The van der Waals surface area contributed by atoms with E-state index in [9.17, 15) is 9.59 Å². The maximum Gasteiger partial charge on any atom is 0.220 e. The Hall–Kier alpha value is -1.47. The molecule has 6 nitrogen and oxygen atoms in total. The number of hydrogen-bond acceptors (Lipinski definition) is 6. The van der Waals surface area contributed by atoms with Crippen LogP contribution < -0.4 is 11.5 Å². The summed E-state index contributed by atoms with van der Waals surface area (Å²) in [6, 6.07) is 1.90. The van der Waals surface area contributed by atoms with Crippen molar-refractivity contribution < 1.29 is 9.59 Å². The van der Waals surface area contributed by atoms with Crippen molar-refractivity contribution in [2.24, 2.45) is 17.4 Å². The number of carbonyl (C=O) groups excluding carboxylic acids is 2. The molecule has 1 aliphatic rings. The van der Waals surface area contributed by atoms with Gasteiger partial charge in [-0.25, -0.2) is 9.97 Å². The van der Waals surface area contributed by atoms with Gasteiger partial charge in [-0.2, -0.15) is 0 Å². The molecular formula is C15H24N4O2S. The Kier molecular flexibility index (Phi) is 8.69. The van der Waals surface area contributed by atoms with Crippen molar-refractivity contribution in [2.75, 3.05) is 5.75 Å². The summed E-state index contributed by atoms with van der Waals surface area (Å²) in [6.07, 6.45) is 7.10. The van der Waals surface area contributed by atoms with Crippen LogP contribution in [0.15, 0.2) is 17.4 Å². The molecule has 22 heavy (non-hydrogen) atoms. The molecule has 0 aromatic carbocycles. The first-order valence-corrected chi connectivity index (χ1v) is 8.51. The Labute approximate surface area is 135 Å². The highest BCUT2D eigenvalue weighted by atomic mass is 32.2. The molecule has 1 aromatic heterocycles. The molecule has 0 bridgehead atoms. The van der Waals surface area contributed by atoms with Gasteiger partial charge in [-0.05, 0) is 38.2 Å². The summed E-state index contributed by atoms with van der Waals surface area (Å²) in [5.41, 5.74) is 11.2. The number of hydrogen-bond donors (Lipinski definition) is 2. The lowest BCUT2D eigenvalue weighted by molar-refractivity contribution is -0.122. The molecule has 1 fully saturated rings. The van der Waals surface area contributed by atoms with Crippen molar-refractivity contribution >= 4 is 24.0 Å². The number of carbonyl (C=O) groups is 2. The zero-order valence-corrected chi connectivity index (χ0v) is 13.7. The molecule has 1 aliphatic carbocycles. The minimum absolute atomic E-state index is 0.0970. The molecule has 1 heterocycles. The maximum absolute atomic E-state index is 10.6. The van der Waals surface area contributed by atoms with Gasteiger partial charge in [-0.1, -0.05) is 18.7 Å². The Bertz CT molecular complexity index is 476. The number of thioether (sulfide) groups is 1. The third-order valence-electron chi connectivity index (χ3n) is 3.39. The minimum Gasteiger partial charge on any atom is -0.369 e. The van der Waals surface area contributed by atoms with Gasteiger partial charge in [0.2, 0.25) is 5.91 Å². The molecule has 122 valence electrons. The third kappa shape index (κ3) is 7.00. The lowest BCUT2D eigenvalue weighted by atomic mass is 9.86. The average molecular weight is 324 g/mol. The average Bonchev–Trinajstić information content (AvgIpc) is 2.54. The van der Waals surface area contributed by atoms with E-state index in [1.807, 2.05) is 0 Å². The number of aldehydes is 1. The van der Waals surface area contributed by atoms with Crippen LogP contribution in [0.25, 0.3) is 0 Å². The van der Waals surface area contributed by atoms with Gasteiger partial charge in [-0.15, -0.1) is 0 Å². The topological polar surface area (TPSA) is 112 Å². The predicted molar refractivity (Wildman–Crippen MR) is 87.6 cm³/mol. The molecule has 1 aromatic rings. The van der Waals surface area contributed by atoms with E-state index >= 15 is 0 Å². The third-order valence-corrected chi connectivity index (χ3v) is 4.45. The van der Waals surface area contributed by atoms with E-state index in [-0.39, 0.29) is 11.8 Å². The maximum atomic E-state index is 10.6. The first-order valence-electron chi connectivity index (χ1n) is 7.52. The van der Waals surface area contributed by atoms with E-state index in [4.69, 9.17) is 11.5 Å². The van der Waals surface area contributed by atoms with Crippen LogP contribution in [0.4, 0.5) is 0 Å². The van der Waals surface area contributed by atoms with E-state index in [2.05, 4.69) is 16.9 Å². The van der Waals surface area contributed by atoms with Crippen LogP contribution in [0.1, 0.15) is 49.5 Å². The van der Waals surface area contributed by atoms with Gasteiger partial charge >= 0.3 is 0 Å². The number of aromatic nitrogens is 2. The Morgan fingerprint density at radius 2 is 2.09 bits per heavy atom. The second-order valence-corrected chi connectivity index (χ2v) is 6.31. The molecule has 1 saturated carbocycles. The number of rotatable bonds is 5. The van der Waals surface area contributed by atoms with Crippen LogP contribution in [0.3, 0.4) is 0 Å². The molecule has 0 radical (unpaired) electrons. The molecular weight excluding hydrogens is 300 g/mol. The van der Waals surface area contributed by atoms with Crippen LogP contribution in [-0.4, -0.2) is 34.0 Å². The number of amides is 1. The summed E-state index contributed by atoms with van der Waals surface area (Å²) < 4.78 is 0. The molecule has 0 atom stereocenters. The van der Waals surface area contributed by atoms with Crippen LogP contribution in [-0.2, 0) is 4.79 Å². The van der Waals surface area contributed by atoms with Crippen molar-refractivity contribution in [3.05, 3.63) is 18.0 Å². The molecule has 0 spiro atoms. The second kappa shape index (κ2) is 10.3. The Morgan fingerprint density at radius 3 is 2.64 bits per heavy atom. The fourth-order valence-corrected chi connectivity index (χ4v) is 2.78. The summed E-state index contributed by atoms with van der Waals surface area (Å²) >= 11 is 1.57. The van der Waals surface area contributed by atoms with Gasteiger partial charge in [0, 0.05) is 23.9 Å². The van der Waals surface area contributed by atoms with Crippen LogP contribution in [0, 0.1) is 5.92 Å². The number of nitrogens with zero attached hydrogens (tertiary/aromatic N) is 2. The van der Waals surface area contributed by atoms with E-state index in [0.717, 1.165) is 44.1 Å². The van der Waals surface area contributed by atoms with Gasteiger partial charge in [0.1, 0.15) is 5.69 Å². The smallest absolute Gasteiger partial charge is 0.220 e. The first-order chi connectivity index (χ1) is 10.6. The highest BCUT2D eigenvalue weighted by Crippen LogP contribution is 2.22. The Balaban J connectivity index is 0.000000224. The summed E-state index contributed by atoms with van der Waals surface area (Å²) in [6.45, 7) is 2.09. The standard InChI is InChI=1S/C8H10N2OS.C7H14N2O/c1-2-5-12-8-9-4-3-7(6-11)10-8;8-6-3-1-5(2-4-6)7(9)10/h3-4,6H,2,5H2,1H3;5-6H,1-4,8H2,(H2,9,10). The van der Waals surface area contributed by atoms with E-state index < -0.39 is 0 Å². The van der Waals surface area contributed by atoms with Gasteiger partial charge in [0.05, 0.1) is 0 Å². The van der Waals surface area contributed by atoms with E-state index in [1.165, 1.54) is 0 Å². The molecule has 4 N–H and O–H groups in total. The van der Waals surface area contributed by atoms with Crippen molar-refractivity contribution in [2.45, 2.75) is 50.2 Å². The largest absolute Gasteiger partial charge is 0.369 e. The summed E-state index contributed by atoms with van der Waals surface area (Å²) in [5.74, 6) is 0.925. The molecule has 0 aliphatic heterocycles.